The number of piperidine rings is 1. The summed E-state index contributed by atoms with van der Waals surface area (Å²) in [6, 6.07) is 1.76. The monoisotopic (exact) mass is 493 g/mol. The standard InChI is InChI=1S/C25H43N5O3S/c1-5-13-30-14-11-25(17-26,12-15-30)29-21(31)20(16-19-9-7-6-8-10-19)27-22(34)28-23(32)33-18-24(2,3)4/h19-20H,5-16,18H2,1-4H3,(H,29,31)(H2,27,28,32,34). The van der Waals surface area contributed by atoms with Gasteiger partial charge >= 0.3 is 6.09 Å². The van der Waals surface area contributed by atoms with Crippen molar-refractivity contribution in [3.05, 3.63) is 0 Å². The zero-order valence-electron chi connectivity index (χ0n) is 21.4. The highest BCUT2D eigenvalue weighted by molar-refractivity contribution is 7.80. The van der Waals surface area contributed by atoms with Crippen LogP contribution >= 0.6 is 12.2 Å². The molecule has 1 saturated carbocycles. The zero-order chi connectivity index (χ0) is 25.2. The maximum Gasteiger partial charge on any atom is 0.413 e. The number of rotatable bonds is 8. The smallest absolute Gasteiger partial charge is 0.413 e. The molecule has 0 radical (unpaired) electrons. The largest absolute Gasteiger partial charge is 0.449 e. The van der Waals surface area contributed by atoms with Crippen LogP contribution in [-0.4, -0.2) is 59.8 Å². The van der Waals surface area contributed by atoms with E-state index in [0.29, 0.717) is 25.2 Å². The van der Waals surface area contributed by atoms with E-state index in [1.54, 1.807) is 0 Å². The molecule has 9 heteroatoms. The van der Waals surface area contributed by atoms with Gasteiger partial charge in [0.15, 0.2) is 5.11 Å². The maximum atomic E-state index is 13.4. The number of carbonyl (C=O) groups excluding carboxylic acids is 2. The predicted molar refractivity (Wildman–Crippen MR) is 137 cm³/mol. The quantitative estimate of drug-likeness (QED) is 0.441. The average molecular weight is 494 g/mol. The van der Waals surface area contributed by atoms with E-state index < -0.39 is 17.7 Å². The predicted octanol–water partition coefficient (Wildman–Crippen LogP) is 3.86. The molecule has 1 saturated heterocycles. The minimum absolute atomic E-state index is 0.0682. The first-order valence-corrected chi connectivity index (χ1v) is 13.2. The van der Waals surface area contributed by atoms with E-state index in [4.69, 9.17) is 17.0 Å². The number of hydrogen-bond acceptors (Lipinski definition) is 6. The molecule has 2 fully saturated rings. The van der Waals surface area contributed by atoms with Gasteiger partial charge in [0.25, 0.3) is 0 Å². The summed E-state index contributed by atoms with van der Waals surface area (Å²) in [4.78, 5) is 27.9. The van der Waals surface area contributed by atoms with E-state index in [0.717, 1.165) is 51.7 Å². The van der Waals surface area contributed by atoms with Gasteiger partial charge in [-0.1, -0.05) is 59.8 Å². The Morgan fingerprint density at radius 3 is 2.41 bits per heavy atom. The lowest BCUT2D eigenvalue weighted by atomic mass is 9.84. The molecular weight excluding hydrogens is 450 g/mol. The van der Waals surface area contributed by atoms with Crippen LogP contribution < -0.4 is 16.0 Å². The highest BCUT2D eigenvalue weighted by Crippen LogP contribution is 2.28. The molecule has 0 aromatic heterocycles. The molecule has 34 heavy (non-hydrogen) atoms. The van der Waals surface area contributed by atoms with Crippen molar-refractivity contribution in [1.29, 1.82) is 5.26 Å². The van der Waals surface area contributed by atoms with Gasteiger partial charge in [-0.25, -0.2) is 4.79 Å². The molecule has 8 nitrogen and oxygen atoms in total. The fourth-order valence-corrected chi connectivity index (χ4v) is 4.88. The molecule has 192 valence electrons. The number of hydrogen-bond donors (Lipinski definition) is 3. The van der Waals surface area contributed by atoms with E-state index in [1.807, 2.05) is 20.8 Å². The Morgan fingerprint density at radius 1 is 1.21 bits per heavy atom. The van der Waals surface area contributed by atoms with Crippen LogP contribution in [-0.2, 0) is 9.53 Å². The van der Waals surface area contributed by atoms with Crippen LogP contribution in [0.4, 0.5) is 4.79 Å². The first kappa shape index (κ1) is 28.3. The molecular formula is C25H43N5O3S. The molecule has 0 aromatic carbocycles. The molecule has 1 heterocycles. The Kier molecular flexibility index (Phi) is 11.0. The van der Waals surface area contributed by atoms with Crippen LogP contribution in [0.1, 0.15) is 85.5 Å². The van der Waals surface area contributed by atoms with Gasteiger partial charge in [-0.3, -0.25) is 10.1 Å². The summed E-state index contributed by atoms with van der Waals surface area (Å²) < 4.78 is 5.23. The molecule has 1 aliphatic heterocycles. The minimum atomic E-state index is -0.867. The molecule has 1 atom stereocenters. The minimum Gasteiger partial charge on any atom is -0.449 e. The van der Waals surface area contributed by atoms with Gasteiger partial charge in [-0.2, -0.15) is 5.26 Å². The summed E-state index contributed by atoms with van der Waals surface area (Å²) >= 11 is 5.33. The fourth-order valence-electron chi connectivity index (χ4n) is 4.66. The van der Waals surface area contributed by atoms with Crippen LogP contribution in [0.3, 0.4) is 0 Å². The first-order chi connectivity index (χ1) is 16.1. The van der Waals surface area contributed by atoms with E-state index >= 15 is 0 Å². The van der Waals surface area contributed by atoms with Crippen molar-refractivity contribution in [3.8, 4) is 6.07 Å². The Morgan fingerprint density at radius 2 is 1.85 bits per heavy atom. The molecule has 0 bridgehead atoms. The topological polar surface area (TPSA) is 106 Å². The summed E-state index contributed by atoms with van der Waals surface area (Å²) in [5.74, 6) is 0.181. The van der Waals surface area contributed by atoms with Crippen LogP contribution in [0.2, 0.25) is 0 Å². The lowest BCUT2D eigenvalue weighted by Gasteiger charge is -2.38. The van der Waals surface area contributed by atoms with Gasteiger partial charge in [-0.05, 0) is 55.8 Å². The van der Waals surface area contributed by atoms with Gasteiger partial charge in [0.1, 0.15) is 11.6 Å². The number of amides is 2. The number of carbonyl (C=O) groups is 2. The number of nitriles is 1. The maximum absolute atomic E-state index is 13.4. The van der Waals surface area contributed by atoms with Gasteiger partial charge in [0, 0.05) is 13.1 Å². The molecule has 1 aliphatic carbocycles. The van der Waals surface area contributed by atoms with Crippen LogP contribution in [0.15, 0.2) is 0 Å². The van der Waals surface area contributed by atoms with Gasteiger partial charge in [-0.15, -0.1) is 0 Å². The van der Waals surface area contributed by atoms with Gasteiger partial charge in [0.2, 0.25) is 5.91 Å². The van der Waals surface area contributed by atoms with Crippen LogP contribution in [0.25, 0.3) is 0 Å². The molecule has 1 unspecified atom stereocenters. The number of ether oxygens (including phenoxy) is 1. The van der Waals surface area contributed by atoms with Crippen molar-refractivity contribution in [2.75, 3.05) is 26.2 Å². The first-order valence-electron chi connectivity index (χ1n) is 12.8. The summed E-state index contributed by atoms with van der Waals surface area (Å²) in [5, 5.41) is 18.6. The van der Waals surface area contributed by atoms with E-state index in [-0.39, 0.29) is 23.0 Å². The highest BCUT2D eigenvalue weighted by atomic mass is 32.1. The highest BCUT2D eigenvalue weighted by Gasteiger charge is 2.38. The number of alkyl carbamates (subject to hydrolysis) is 1. The van der Waals surface area contributed by atoms with Crippen molar-refractivity contribution in [3.63, 3.8) is 0 Å². The second-order valence-electron chi connectivity index (χ2n) is 11.1. The molecule has 0 aromatic rings. The fraction of sp³-hybridized carbons (Fsp3) is 0.840. The molecule has 2 rings (SSSR count). The van der Waals surface area contributed by atoms with E-state index in [9.17, 15) is 14.9 Å². The van der Waals surface area contributed by atoms with Gasteiger partial charge in [0.05, 0.1) is 12.7 Å². The Balaban J connectivity index is 2.01. The van der Waals surface area contributed by atoms with Crippen LogP contribution in [0, 0.1) is 22.7 Å². The third kappa shape index (κ3) is 9.75. The van der Waals surface area contributed by atoms with E-state index in [2.05, 4.69) is 33.8 Å². The number of nitrogens with zero attached hydrogens (tertiary/aromatic N) is 2. The Hall–Kier alpha value is -1.92. The summed E-state index contributed by atoms with van der Waals surface area (Å²) in [7, 11) is 0. The summed E-state index contributed by atoms with van der Waals surface area (Å²) in [6.07, 6.45) is 7.97. The van der Waals surface area contributed by atoms with E-state index in [1.165, 1.54) is 6.42 Å². The van der Waals surface area contributed by atoms with Crippen molar-refractivity contribution in [2.45, 2.75) is 97.1 Å². The normalized spacial score (nSPS) is 20.0. The molecule has 0 spiro atoms. The van der Waals surface area contributed by atoms with Crippen LogP contribution in [0.5, 0.6) is 0 Å². The average Bonchev–Trinajstić information content (AvgIpc) is 2.79. The summed E-state index contributed by atoms with van der Waals surface area (Å²) in [6.45, 7) is 10.9. The van der Waals surface area contributed by atoms with Crippen molar-refractivity contribution >= 4 is 29.3 Å². The third-order valence-electron chi connectivity index (χ3n) is 6.59. The number of likely N-dealkylation sites (tertiary alicyclic amines) is 1. The number of thiocarbonyl (C=S) groups is 1. The van der Waals surface area contributed by atoms with Crippen molar-refractivity contribution < 1.29 is 14.3 Å². The summed E-state index contributed by atoms with van der Waals surface area (Å²) in [5.41, 5.74) is -1.03. The third-order valence-corrected chi connectivity index (χ3v) is 6.81. The second-order valence-corrected chi connectivity index (χ2v) is 11.5. The van der Waals surface area contributed by atoms with Gasteiger partial charge < -0.3 is 20.3 Å². The molecule has 2 amide bonds. The zero-order valence-corrected chi connectivity index (χ0v) is 22.2. The SMILES string of the molecule is CCCN1CCC(C#N)(NC(=O)C(CC2CCCCC2)NC(=S)NC(=O)OCC(C)(C)C)CC1. The molecule has 3 N–H and O–H groups in total. The van der Waals surface area contributed by atoms with Crippen molar-refractivity contribution in [2.24, 2.45) is 11.3 Å². The lowest BCUT2D eigenvalue weighted by Crippen LogP contribution is -2.60. The Bertz CT molecular complexity index is 732. The second kappa shape index (κ2) is 13.2. The van der Waals surface area contributed by atoms with Crippen molar-refractivity contribution in [1.82, 2.24) is 20.9 Å². The lowest BCUT2D eigenvalue weighted by molar-refractivity contribution is -0.125. The number of nitrogens with one attached hydrogen (secondary N) is 3. The molecule has 2 aliphatic rings. The Labute approximate surface area is 210 Å².